The third kappa shape index (κ3) is 4.74. The van der Waals surface area contributed by atoms with Crippen molar-refractivity contribution in [3.05, 3.63) is 39.2 Å². The Hall–Kier alpha value is -1.66. The molecule has 0 aromatic carbocycles. The van der Waals surface area contributed by atoms with Crippen LogP contribution in [0.5, 0.6) is 5.88 Å². The Bertz CT molecular complexity index is 747. The van der Waals surface area contributed by atoms with Crippen LogP contribution in [0.2, 0.25) is 4.34 Å². The maximum atomic E-state index is 12.4. The lowest BCUT2D eigenvalue weighted by Gasteiger charge is -2.31. The van der Waals surface area contributed by atoms with E-state index in [-0.39, 0.29) is 11.3 Å². The molecule has 1 fully saturated rings. The summed E-state index contributed by atoms with van der Waals surface area (Å²) >= 11 is 7.26. The van der Waals surface area contributed by atoms with Crippen LogP contribution in [0.3, 0.4) is 0 Å². The van der Waals surface area contributed by atoms with Crippen molar-refractivity contribution in [2.24, 2.45) is 5.92 Å². The standard InChI is InChI=1S/C19H24ClN3O2S/c1-19(2,3)15-5-7-17(22-21-15)25-12-13-8-10-23(11-9-13)18(24)14-4-6-16(20)26-14/h4-7,13H,8-12H2,1-3H3. The third-order valence-corrected chi connectivity index (χ3v) is 5.78. The molecule has 1 aliphatic heterocycles. The Labute approximate surface area is 163 Å². The molecule has 1 amide bonds. The van der Waals surface area contributed by atoms with Gasteiger partial charge < -0.3 is 9.64 Å². The summed E-state index contributed by atoms with van der Waals surface area (Å²) in [4.78, 5) is 15.0. The number of likely N-dealkylation sites (tertiary alicyclic amines) is 1. The summed E-state index contributed by atoms with van der Waals surface area (Å²) in [6.07, 6.45) is 1.86. The van der Waals surface area contributed by atoms with Crippen LogP contribution in [0.15, 0.2) is 24.3 Å². The van der Waals surface area contributed by atoms with Gasteiger partial charge in [-0.05, 0) is 37.0 Å². The molecule has 3 heterocycles. The van der Waals surface area contributed by atoms with Crippen LogP contribution >= 0.6 is 22.9 Å². The Morgan fingerprint density at radius 3 is 2.50 bits per heavy atom. The van der Waals surface area contributed by atoms with E-state index >= 15 is 0 Å². The number of hydrogen-bond acceptors (Lipinski definition) is 5. The van der Waals surface area contributed by atoms with Crippen LogP contribution in [0.1, 0.15) is 49.0 Å². The minimum Gasteiger partial charge on any atom is -0.476 e. The van der Waals surface area contributed by atoms with Gasteiger partial charge in [-0.25, -0.2) is 0 Å². The van der Waals surface area contributed by atoms with Gasteiger partial charge in [-0.15, -0.1) is 16.4 Å². The van der Waals surface area contributed by atoms with Crippen LogP contribution in [0.25, 0.3) is 0 Å². The van der Waals surface area contributed by atoms with Gasteiger partial charge in [-0.1, -0.05) is 32.4 Å². The highest BCUT2D eigenvalue weighted by molar-refractivity contribution is 7.17. The predicted octanol–water partition coefficient (Wildman–Crippen LogP) is 4.42. The fourth-order valence-electron chi connectivity index (χ4n) is 2.89. The number of halogens is 1. The topological polar surface area (TPSA) is 55.3 Å². The molecule has 140 valence electrons. The van der Waals surface area contributed by atoms with E-state index in [9.17, 15) is 4.79 Å². The number of thiophene rings is 1. The molecule has 1 aliphatic rings. The highest BCUT2D eigenvalue weighted by Crippen LogP contribution is 2.26. The first kappa shape index (κ1) is 19.1. The summed E-state index contributed by atoms with van der Waals surface area (Å²) in [5.74, 6) is 1.06. The second kappa shape index (κ2) is 7.92. The second-order valence-electron chi connectivity index (χ2n) is 7.66. The quantitative estimate of drug-likeness (QED) is 0.771. The maximum absolute atomic E-state index is 12.4. The van der Waals surface area contributed by atoms with Crippen LogP contribution < -0.4 is 4.74 Å². The fraction of sp³-hybridized carbons (Fsp3) is 0.526. The summed E-state index contributed by atoms with van der Waals surface area (Å²) in [5.41, 5.74) is 0.933. The molecule has 0 aliphatic carbocycles. The van der Waals surface area contributed by atoms with Crippen LogP contribution in [0.4, 0.5) is 0 Å². The van der Waals surface area contributed by atoms with Crippen molar-refractivity contribution >= 4 is 28.8 Å². The van der Waals surface area contributed by atoms with Crippen LogP contribution in [0, 0.1) is 5.92 Å². The summed E-state index contributed by atoms with van der Waals surface area (Å²) in [6, 6.07) is 7.42. The number of carbonyl (C=O) groups is 1. The Morgan fingerprint density at radius 2 is 1.96 bits per heavy atom. The average molecular weight is 394 g/mol. The molecule has 0 N–H and O–H groups in total. The summed E-state index contributed by atoms with van der Waals surface area (Å²) in [6.45, 7) is 8.43. The Balaban J connectivity index is 1.46. The molecule has 0 spiro atoms. The molecule has 7 heteroatoms. The van der Waals surface area contributed by atoms with E-state index in [2.05, 4.69) is 31.0 Å². The minimum atomic E-state index is -0.0162. The third-order valence-electron chi connectivity index (χ3n) is 4.56. The highest BCUT2D eigenvalue weighted by Gasteiger charge is 2.25. The van der Waals surface area contributed by atoms with Crippen molar-refractivity contribution in [3.8, 4) is 5.88 Å². The Kier molecular flexibility index (Phi) is 5.82. The van der Waals surface area contributed by atoms with E-state index < -0.39 is 0 Å². The van der Waals surface area contributed by atoms with Crippen molar-refractivity contribution in [3.63, 3.8) is 0 Å². The van der Waals surface area contributed by atoms with E-state index in [1.54, 1.807) is 12.1 Å². The first-order valence-electron chi connectivity index (χ1n) is 8.84. The second-order valence-corrected chi connectivity index (χ2v) is 9.37. The Morgan fingerprint density at radius 1 is 1.23 bits per heavy atom. The number of piperidine rings is 1. The first-order chi connectivity index (χ1) is 12.3. The van der Waals surface area contributed by atoms with Gasteiger partial charge in [0.2, 0.25) is 5.88 Å². The molecule has 0 radical (unpaired) electrons. The lowest BCUT2D eigenvalue weighted by Crippen LogP contribution is -2.39. The molecule has 1 saturated heterocycles. The molecule has 5 nitrogen and oxygen atoms in total. The number of hydrogen-bond donors (Lipinski definition) is 0. The molecular formula is C19H24ClN3O2S. The van der Waals surface area contributed by atoms with E-state index in [1.807, 2.05) is 17.0 Å². The molecule has 0 saturated carbocycles. The molecule has 0 bridgehead atoms. The van der Waals surface area contributed by atoms with Gasteiger partial charge in [-0.3, -0.25) is 4.79 Å². The van der Waals surface area contributed by atoms with Crippen molar-refractivity contribution in [1.82, 2.24) is 15.1 Å². The molecule has 2 aromatic rings. The van der Waals surface area contributed by atoms with Gasteiger partial charge in [0, 0.05) is 24.6 Å². The number of amides is 1. The van der Waals surface area contributed by atoms with Gasteiger partial charge in [0.15, 0.2) is 0 Å². The van der Waals surface area contributed by atoms with E-state index in [0.29, 0.717) is 27.6 Å². The monoisotopic (exact) mass is 393 g/mol. The lowest BCUT2D eigenvalue weighted by atomic mass is 9.92. The highest BCUT2D eigenvalue weighted by atomic mass is 35.5. The fourth-order valence-corrected chi connectivity index (χ4v) is 3.90. The average Bonchev–Trinajstić information content (AvgIpc) is 3.06. The van der Waals surface area contributed by atoms with Gasteiger partial charge >= 0.3 is 0 Å². The summed E-state index contributed by atoms with van der Waals surface area (Å²) < 4.78 is 6.45. The molecule has 0 atom stereocenters. The zero-order valence-electron chi connectivity index (χ0n) is 15.4. The number of rotatable bonds is 4. The summed E-state index contributed by atoms with van der Waals surface area (Å²) in [7, 11) is 0. The molecule has 0 unspecified atom stereocenters. The minimum absolute atomic E-state index is 0.0162. The number of carbonyl (C=O) groups excluding carboxylic acids is 1. The van der Waals surface area contributed by atoms with E-state index in [4.69, 9.17) is 16.3 Å². The van der Waals surface area contributed by atoms with Gasteiger partial charge in [0.25, 0.3) is 5.91 Å². The van der Waals surface area contributed by atoms with Crippen molar-refractivity contribution in [1.29, 1.82) is 0 Å². The zero-order chi connectivity index (χ0) is 18.7. The lowest BCUT2D eigenvalue weighted by molar-refractivity contribution is 0.0663. The summed E-state index contributed by atoms with van der Waals surface area (Å²) in [5, 5.41) is 8.41. The normalized spacial score (nSPS) is 15.9. The molecule has 26 heavy (non-hydrogen) atoms. The predicted molar refractivity (Wildman–Crippen MR) is 104 cm³/mol. The van der Waals surface area contributed by atoms with Gasteiger partial charge in [-0.2, -0.15) is 5.10 Å². The van der Waals surface area contributed by atoms with Crippen molar-refractivity contribution in [2.75, 3.05) is 19.7 Å². The van der Waals surface area contributed by atoms with Crippen molar-refractivity contribution < 1.29 is 9.53 Å². The largest absolute Gasteiger partial charge is 0.476 e. The van der Waals surface area contributed by atoms with Crippen LogP contribution in [-0.2, 0) is 5.41 Å². The van der Waals surface area contributed by atoms with Gasteiger partial charge in [0.05, 0.1) is 21.5 Å². The number of ether oxygens (including phenoxy) is 1. The SMILES string of the molecule is CC(C)(C)c1ccc(OCC2CCN(C(=O)c3ccc(Cl)s3)CC2)nn1. The van der Waals surface area contributed by atoms with Crippen LogP contribution in [-0.4, -0.2) is 40.7 Å². The van der Waals surface area contributed by atoms with Gasteiger partial charge in [0.1, 0.15) is 0 Å². The number of aromatic nitrogens is 2. The smallest absolute Gasteiger partial charge is 0.263 e. The molecule has 3 rings (SSSR count). The number of nitrogens with zero attached hydrogens (tertiary/aromatic N) is 3. The first-order valence-corrected chi connectivity index (χ1v) is 10.0. The van der Waals surface area contributed by atoms with E-state index in [0.717, 1.165) is 31.6 Å². The molecular weight excluding hydrogens is 370 g/mol. The van der Waals surface area contributed by atoms with E-state index in [1.165, 1.54) is 11.3 Å². The molecule has 2 aromatic heterocycles. The van der Waals surface area contributed by atoms with Crippen molar-refractivity contribution in [2.45, 2.75) is 39.0 Å². The zero-order valence-corrected chi connectivity index (χ0v) is 16.9. The maximum Gasteiger partial charge on any atom is 0.263 e.